The van der Waals surface area contributed by atoms with E-state index in [-0.39, 0.29) is 23.8 Å². The minimum Gasteiger partial charge on any atom is -0.468 e. The average Bonchev–Trinajstić information content (AvgIpc) is 3.29. The lowest BCUT2D eigenvalue weighted by Crippen LogP contribution is -2.51. The second-order valence-electron chi connectivity index (χ2n) is 6.72. The quantitative estimate of drug-likeness (QED) is 0.718. The molecule has 0 spiro atoms. The molecule has 6 heteroatoms. The highest BCUT2D eigenvalue weighted by atomic mass is 16.3. The third-order valence-electron chi connectivity index (χ3n) is 5.11. The van der Waals surface area contributed by atoms with Gasteiger partial charge >= 0.3 is 0 Å². The van der Waals surface area contributed by atoms with Gasteiger partial charge in [0.1, 0.15) is 11.8 Å². The standard InChI is InChI=1S/C19H31N3O3/c1-4-22(5-2)16(17-11-8-12-25-17)13-20-19(24)18(21-14(3)23)15-9-6-7-10-15/h8,11-12,15-16,18H,4-7,9-10,13H2,1-3H3,(H,20,24)(H,21,23)/t16-,18+/m1/s1. The van der Waals surface area contributed by atoms with E-state index in [1.165, 1.54) is 6.92 Å². The number of amides is 2. The van der Waals surface area contributed by atoms with Crippen LogP contribution in [0, 0.1) is 5.92 Å². The van der Waals surface area contributed by atoms with Gasteiger partial charge in [0, 0.05) is 13.5 Å². The summed E-state index contributed by atoms with van der Waals surface area (Å²) in [6, 6.07) is 3.37. The molecular formula is C19H31N3O3. The number of rotatable bonds is 9. The predicted octanol–water partition coefficient (Wildman–Crippen LogP) is 2.47. The molecule has 1 aliphatic rings. The minimum atomic E-state index is -0.436. The number of carbonyl (C=O) groups excluding carboxylic acids is 2. The van der Waals surface area contributed by atoms with Gasteiger partial charge in [-0.15, -0.1) is 0 Å². The SMILES string of the molecule is CCN(CC)[C@H](CNC(=O)[C@@H](NC(C)=O)C1CCCC1)c1ccco1. The van der Waals surface area contributed by atoms with Gasteiger partial charge in [-0.1, -0.05) is 26.7 Å². The van der Waals surface area contributed by atoms with Crippen molar-refractivity contribution in [2.75, 3.05) is 19.6 Å². The molecule has 25 heavy (non-hydrogen) atoms. The molecule has 1 aliphatic carbocycles. The highest BCUT2D eigenvalue weighted by molar-refractivity contribution is 5.87. The number of nitrogens with one attached hydrogen (secondary N) is 2. The van der Waals surface area contributed by atoms with Gasteiger partial charge in [0.05, 0.1) is 12.3 Å². The summed E-state index contributed by atoms with van der Waals surface area (Å²) in [5, 5.41) is 5.90. The lowest BCUT2D eigenvalue weighted by Gasteiger charge is -2.30. The van der Waals surface area contributed by atoms with Crippen LogP contribution in [-0.2, 0) is 9.59 Å². The van der Waals surface area contributed by atoms with E-state index in [9.17, 15) is 9.59 Å². The highest BCUT2D eigenvalue weighted by Crippen LogP contribution is 2.28. The van der Waals surface area contributed by atoms with Crippen LogP contribution < -0.4 is 10.6 Å². The van der Waals surface area contributed by atoms with Crippen LogP contribution in [0.25, 0.3) is 0 Å². The number of likely N-dealkylation sites (N-methyl/N-ethyl adjacent to an activating group) is 1. The smallest absolute Gasteiger partial charge is 0.242 e. The van der Waals surface area contributed by atoms with Crippen molar-refractivity contribution >= 4 is 11.8 Å². The summed E-state index contributed by atoms with van der Waals surface area (Å²) < 4.78 is 5.57. The predicted molar refractivity (Wildman–Crippen MR) is 96.9 cm³/mol. The Morgan fingerprint density at radius 3 is 2.48 bits per heavy atom. The van der Waals surface area contributed by atoms with Gasteiger partial charge in [-0.05, 0) is 44.0 Å². The van der Waals surface area contributed by atoms with Gasteiger partial charge in [0.2, 0.25) is 11.8 Å². The van der Waals surface area contributed by atoms with Crippen molar-refractivity contribution in [2.24, 2.45) is 5.92 Å². The fourth-order valence-electron chi connectivity index (χ4n) is 3.77. The fraction of sp³-hybridized carbons (Fsp3) is 0.684. The Morgan fingerprint density at radius 1 is 1.28 bits per heavy atom. The largest absolute Gasteiger partial charge is 0.468 e. The maximum absolute atomic E-state index is 12.8. The van der Waals surface area contributed by atoms with Crippen molar-refractivity contribution in [3.8, 4) is 0 Å². The maximum Gasteiger partial charge on any atom is 0.242 e. The second kappa shape index (κ2) is 9.61. The van der Waals surface area contributed by atoms with Gasteiger partial charge < -0.3 is 15.1 Å². The molecule has 1 heterocycles. The molecule has 0 unspecified atom stereocenters. The molecule has 0 aliphatic heterocycles. The summed E-state index contributed by atoms with van der Waals surface area (Å²) in [5.74, 6) is 0.838. The monoisotopic (exact) mass is 349 g/mol. The van der Waals surface area contributed by atoms with Gasteiger partial charge in [0.15, 0.2) is 0 Å². The Morgan fingerprint density at radius 2 is 1.96 bits per heavy atom. The van der Waals surface area contributed by atoms with E-state index in [4.69, 9.17) is 4.42 Å². The van der Waals surface area contributed by atoms with Crippen LogP contribution in [0.2, 0.25) is 0 Å². The van der Waals surface area contributed by atoms with E-state index in [2.05, 4.69) is 29.4 Å². The first-order valence-corrected chi connectivity index (χ1v) is 9.39. The number of hydrogen-bond acceptors (Lipinski definition) is 4. The van der Waals surface area contributed by atoms with Crippen LogP contribution in [-0.4, -0.2) is 42.4 Å². The summed E-state index contributed by atoms with van der Waals surface area (Å²) in [4.78, 5) is 26.5. The molecular weight excluding hydrogens is 318 g/mol. The average molecular weight is 349 g/mol. The van der Waals surface area contributed by atoms with E-state index < -0.39 is 6.04 Å². The summed E-state index contributed by atoms with van der Waals surface area (Å²) >= 11 is 0. The molecule has 2 amide bonds. The molecule has 1 aromatic heterocycles. The summed E-state index contributed by atoms with van der Waals surface area (Å²) in [7, 11) is 0. The minimum absolute atomic E-state index is 0.00416. The summed E-state index contributed by atoms with van der Waals surface area (Å²) in [6.45, 7) is 7.87. The molecule has 2 N–H and O–H groups in total. The molecule has 0 bridgehead atoms. The van der Waals surface area contributed by atoms with E-state index in [1.54, 1.807) is 6.26 Å². The zero-order valence-corrected chi connectivity index (χ0v) is 15.6. The Bertz CT molecular complexity index is 534. The first kappa shape index (κ1) is 19.5. The van der Waals surface area contributed by atoms with Crippen molar-refractivity contribution in [1.82, 2.24) is 15.5 Å². The summed E-state index contributed by atoms with van der Waals surface area (Å²) in [6.07, 6.45) is 5.91. The molecule has 0 aromatic carbocycles. The molecule has 2 rings (SSSR count). The fourth-order valence-corrected chi connectivity index (χ4v) is 3.77. The number of carbonyl (C=O) groups is 2. The Labute approximate surface area is 150 Å². The molecule has 1 saturated carbocycles. The molecule has 2 atom stereocenters. The lowest BCUT2D eigenvalue weighted by atomic mass is 9.97. The third-order valence-corrected chi connectivity index (χ3v) is 5.11. The Balaban J connectivity index is 2.03. The molecule has 0 radical (unpaired) electrons. The van der Waals surface area contributed by atoms with Crippen molar-refractivity contribution < 1.29 is 14.0 Å². The maximum atomic E-state index is 12.8. The topological polar surface area (TPSA) is 74.6 Å². The normalized spacial score (nSPS) is 17.4. The van der Waals surface area contributed by atoms with Crippen LogP contribution in [0.3, 0.4) is 0 Å². The van der Waals surface area contributed by atoms with Gasteiger partial charge in [-0.3, -0.25) is 14.5 Å². The van der Waals surface area contributed by atoms with E-state index in [1.807, 2.05) is 12.1 Å². The van der Waals surface area contributed by atoms with Crippen molar-refractivity contribution in [2.45, 2.75) is 58.5 Å². The van der Waals surface area contributed by atoms with E-state index >= 15 is 0 Å². The second-order valence-corrected chi connectivity index (χ2v) is 6.72. The lowest BCUT2D eigenvalue weighted by molar-refractivity contribution is -0.129. The van der Waals surface area contributed by atoms with E-state index in [0.29, 0.717) is 6.54 Å². The zero-order valence-electron chi connectivity index (χ0n) is 15.6. The molecule has 1 aromatic rings. The highest BCUT2D eigenvalue weighted by Gasteiger charge is 2.32. The summed E-state index contributed by atoms with van der Waals surface area (Å²) in [5.41, 5.74) is 0. The molecule has 140 valence electrons. The van der Waals surface area contributed by atoms with E-state index in [0.717, 1.165) is 44.5 Å². The molecule has 6 nitrogen and oxygen atoms in total. The zero-order chi connectivity index (χ0) is 18.2. The number of hydrogen-bond donors (Lipinski definition) is 2. The van der Waals surface area contributed by atoms with Crippen molar-refractivity contribution in [1.29, 1.82) is 0 Å². The first-order valence-electron chi connectivity index (χ1n) is 9.39. The van der Waals surface area contributed by atoms with Gasteiger partial charge in [-0.2, -0.15) is 0 Å². The number of furan rings is 1. The molecule has 1 fully saturated rings. The van der Waals surface area contributed by atoms with Gasteiger partial charge in [0.25, 0.3) is 0 Å². The first-order chi connectivity index (χ1) is 12.1. The number of nitrogens with zero attached hydrogens (tertiary/aromatic N) is 1. The third kappa shape index (κ3) is 5.33. The van der Waals surface area contributed by atoms with Gasteiger partial charge in [-0.25, -0.2) is 0 Å². The van der Waals surface area contributed by atoms with Crippen LogP contribution in [0.5, 0.6) is 0 Å². The van der Waals surface area contributed by atoms with Crippen LogP contribution in [0.1, 0.15) is 58.3 Å². The van der Waals surface area contributed by atoms with Crippen LogP contribution >= 0.6 is 0 Å². The van der Waals surface area contributed by atoms with Crippen molar-refractivity contribution in [3.63, 3.8) is 0 Å². The van der Waals surface area contributed by atoms with Crippen LogP contribution in [0.15, 0.2) is 22.8 Å². The van der Waals surface area contributed by atoms with Crippen LogP contribution in [0.4, 0.5) is 0 Å². The van der Waals surface area contributed by atoms with Crippen molar-refractivity contribution in [3.05, 3.63) is 24.2 Å². The Kier molecular flexibility index (Phi) is 7.50. The Hall–Kier alpha value is -1.82. The molecule has 0 saturated heterocycles.